The highest BCUT2D eigenvalue weighted by molar-refractivity contribution is 5.98. The predicted molar refractivity (Wildman–Crippen MR) is 156 cm³/mol. The summed E-state index contributed by atoms with van der Waals surface area (Å²) in [4.78, 5) is 46.1. The third-order valence-electron chi connectivity index (χ3n) is 9.76. The van der Waals surface area contributed by atoms with Crippen LogP contribution in [0.25, 0.3) is 0 Å². The fourth-order valence-electron chi connectivity index (χ4n) is 7.34. The summed E-state index contributed by atoms with van der Waals surface area (Å²) in [5.74, 6) is -2.93. The first kappa shape index (κ1) is 31.0. The number of hydrogen-bond donors (Lipinski definition) is 1. The molecule has 8 atom stereocenters. The van der Waals surface area contributed by atoms with Crippen molar-refractivity contribution in [3.8, 4) is 0 Å². The Labute approximate surface area is 244 Å². The van der Waals surface area contributed by atoms with Crippen molar-refractivity contribution in [3.05, 3.63) is 61.2 Å². The lowest BCUT2D eigenvalue weighted by Gasteiger charge is -2.41. The summed E-state index contributed by atoms with van der Waals surface area (Å²) >= 11 is 0. The number of benzene rings is 1. The second-order valence-electron chi connectivity index (χ2n) is 12.2. The Hall–Kier alpha value is -2.97. The number of nitrogens with zero attached hydrogens (tertiary/aromatic N) is 2. The fraction of sp³-hybridized carbons (Fsp3) is 0.606. The first-order chi connectivity index (χ1) is 19.6. The number of amides is 2. The summed E-state index contributed by atoms with van der Waals surface area (Å²) in [5.41, 5.74) is -1.20. The van der Waals surface area contributed by atoms with Gasteiger partial charge in [0.05, 0.1) is 30.8 Å². The maximum atomic E-state index is 14.7. The van der Waals surface area contributed by atoms with Crippen molar-refractivity contribution >= 4 is 17.8 Å². The number of esters is 1. The molecule has 0 radical (unpaired) electrons. The van der Waals surface area contributed by atoms with E-state index in [9.17, 15) is 19.5 Å². The minimum absolute atomic E-state index is 0.0778. The number of likely N-dealkylation sites (tertiary alicyclic amines) is 1. The van der Waals surface area contributed by atoms with Gasteiger partial charge in [-0.3, -0.25) is 14.4 Å². The lowest BCUT2D eigenvalue weighted by atomic mass is 9.62. The molecule has 3 heterocycles. The van der Waals surface area contributed by atoms with Crippen molar-refractivity contribution in [2.24, 2.45) is 23.7 Å². The Balaban J connectivity index is 1.79. The topological polar surface area (TPSA) is 96.4 Å². The van der Waals surface area contributed by atoms with Gasteiger partial charge in [0.1, 0.15) is 17.6 Å². The van der Waals surface area contributed by atoms with E-state index in [0.717, 1.165) is 5.56 Å². The summed E-state index contributed by atoms with van der Waals surface area (Å²) in [6, 6.07) is 8.09. The van der Waals surface area contributed by atoms with Crippen molar-refractivity contribution in [1.82, 2.24) is 9.80 Å². The maximum absolute atomic E-state index is 14.7. The quantitative estimate of drug-likeness (QED) is 0.207. The second kappa shape index (κ2) is 12.5. The number of carbonyl (C=O) groups is 3. The molecule has 1 aromatic rings. The van der Waals surface area contributed by atoms with Gasteiger partial charge in [0.25, 0.3) is 0 Å². The highest BCUT2D eigenvalue weighted by Gasteiger charge is 2.80. The SMILES string of the molecule is C=CCCCOC(=O)[C@@H]1[C@H]2C(=O)N([C@@H](CO)[C@@H](C)CC)C(C(=O)N(CC=C)Cc3ccccc3)C23CC(C)[C@@]1(C)O3. The van der Waals surface area contributed by atoms with E-state index in [2.05, 4.69) is 13.2 Å². The van der Waals surface area contributed by atoms with E-state index in [4.69, 9.17) is 9.47 Å². The van der Waals surface area contributed by atoms with Gasteiger partial charge in [0.15, 0.2) is 0 Å². The van der Waals surface area contributed by atoms with E-state index in [0.29, 0.717) is 32.2 Å². The van der Waals surface area contributed by atoms with Gasteiger partial charge in [-0.05, 0) is 43.6 Å². The average molecular weight is 567 g/mol. The van der Waals surface area contributed by atoms with Gasteiger partial charge in [0, 0.05) is 13.1 Å². The first-order valence-electron chi connectivity index (χ1n) is 15.0. The van der Waals surface area contributed by atoms with Gasteiger partial charge in [-0.1, -0.05) is 69.7 Å². The lowest BCUT2D eigenvalue weighted by molar-refractivity contribution is -0.164. The molecule has 2 bridgehead atoms. The van der Waals surface area contributed by atoms with Crippen LogP contribution in [-0.2, 0) is 30.4 Å². The lowest BCUT2D eigenvalue weighted by Crippen LogP contribution is -2.59. The molecule has 41 heavy (non-hydrogen) atoms. The van der Waals surface area contributed by atoms with Crippen molar-refractivity contribution in [1.29, 1.82) is 0 Å². The minimum atomic E-state index is -1.20. The average Bonchev–Trinajstić information content (AvgIpc) is 3.48. The van der Waals surface area contributed by atoms with Gasteiger partial charge in [-0.15, -0.1) is 13.2 Å². The zero-order chi connectivity index (χ0) is 29.9. The molecule has 1 aromatic carbocycles. The summed E-state index contributed by atoms with van der Waals surface area (Å²) in [6.07, 6.45) is 5.97. The number of carbonyl (C=O) groups excluding carboxylic acids is 3. The summed E-state index contributed by atoms with van der Waals surface area (Å²) < 4.78 is 12.5. The number of rotatable bonds is 14. The van der Waals surface area contributed by atoms with E-state index in [1.807, 2.05) is 58.0 Å². The standard InChI is InChI=1S/C33H46N2O6/c1-7-10-14-18-40-31(39)27-26-29(37)35(25(21-36)22(4)9-3)28(33(26)19-23(5)32(27,6)41-33)30(38)34(17-8-2)20-24-15-12-11-13-16-24/h7-8,11-13,15-16,22-23,25-28,36H,1-2,9-10,14,17-21H2,3-6H3/t22-,23?,25-,26-,27-,28?,32+,33?/m0/s1. The summed E-state index contributed by atoms with van der Waals surface area (Å²) in [7, 11) is 0. The molecule has 0 aromatic heterocycles. The number of unbranched alkanes of at least 4 members (excludes halogenated alkanes) is 1. The molecule has 0 aliphatic carbocycles. The monoisotopic (exact) mass is 566 g/mol. The number of ether oxygens (including phenoxy) is 2. The van der Waals surface area contributed by atoms with Crippen molar-refractivity contribution in [2.75, 3.05) is 19.8 Å². The van der Waals surface area contributed by atoms with Crippen LogP contribution >= 0.6 is 0 Å². The largest absolute Gasteiger partial charge is 0.465 e. The molecular formula is C33H46N2O6. The third kappa shape index (κ3) is 5.25. The van der Waals surface area contributed by atoms with Crippen LogP contribution in [0.1, 0.15) is 58.9 Å². The summed E-state index contributed by atoms with van der Waals surface area (Å²) in [5, 5.41) is 10.6. The van der Waals surface area contributed by atoms with Gasteiger partial charge in [-0.2, -0.15) is 0 Å². The molecule has 224 valence electrons. The number of fused-ring (bicyclic) bond motifs is 1. The Morgan fingerprint density at radius 1 is 1.27 bits per heavy atom. The molecule has 3 aliphatic heterocycles. The van der Waals surface area contributed by atoms with E-state index >= 15 is 0 Å². The molecular weight excluding hydrogens is 520 g/mol. The highest BCUT2D eigenvalue weighted by Crippen LogP contribution is 2.66. The van der Waals surface area contributed by atoms with Crippen LogP contribution in [0, 0.1) is 23.7 Å². The van der Waals surface area contributed by atoms with E-state index in [-0.39, 0.29) is 43.4 Å². The zero-order valence-corrected chi connectivity index (χ0v) is 25.0. The molecule has 2 amide bonds. The highest BCUT2D eigenvalue weighted by atomic mass is 16.6. The van der Waals surface area contributed by atoms with E-state index < -0.39 is 41.1 Å². The Morgan fingerprint density at radius 2 is 1.98 bits per heavy atom. The van der Waals surface area contributed by atoms with Crippen LogP contribution in [0.2, 0.25) is 0 Å². The molecule has 8 nitrogen and oxygen atoms in total. The second-order valence-corrected chi connectivity index (χ2v) is 12.2. The van der Waals surface area contributed by atoms with Gasteiger partial charge in [-0.25, -0.2) is 0 Å². The molecule has 1 N–H and O–H groups in total. The van der Waals surface area contributed by atoms with Crippen LogP contribution in [0.15, 0.2) is 55.6 Å². The molecule has 3 aliphatic rings. The number of allylic oxidation sites excluding steroid dienone is 1. The Bertz CT molecular complexity index is 1140. The zero-order valence-electron chi connectivity index (χ0n) is 25.0. The van der Waals surface area contributed by atoms with Crippen LogP contribution in [0.5, 0.6) is 0 Å². The van der Waals surface area contributed by atoms with Gasteiger partial charge >= 0.3 is 5.97 Å². The van der Waals surface area contributed by atoms with Gasteiger partial charge < -0.3 is 24.4 Å². The molecule has 4 rings (SSSR count). The van der Waals surface area contributed by atoms with E-state index in [1.54, 1.807) is 22.0 Å². The molecule has 8 heteroatoms. The molecule has 3 unspecified atom stereocenters. The van der Waals surface area contributed by atoms with Crippen molar-refractivity contribution in [2.45, 2.75) is 83.2 Å². The normalized spacial score (nSPS) is 31.4. The van der Waals surface area contributed by atoms with Crippen LogP contribution in [-0.4, -0.2) is 75.7 Å². The summed E-state index contributed by atoms with van der Waals surface area (Å²) in [6.45, 7) is 16.0. The van der Waals surface area contributed by atoms with Crippen LogP contribution < -0.4 is 0 Å². The molecule has 0 saturated carbocycles. The maximum Gasteiger partial charge on any atom is 0.312 e. The molecule has 1 spiro atoms. The van der Waals surface area contributed by atoms with Crippen molar-refractivity contribution < 1.29 is 29.0 Å². The minimum Gasteiger partial charge on any atom is -0.465 e. The molecule has 3 saturated heterocycles. The Kier molecular flexibility index (Phi) is 9.44. The predicted octanol–water partition coefficient (Wildman–Crippen LogP) is 4.13. The Morgan fingerprint density at radius 3 is 2.59 bits per heavy atom. The smallest absolute Gasteiger partial charge is 0.312 e. The van der Waals surface area contributed by atoms with Crippen LogP contribution in [0.3, 0.4) is 0 Å². The van der Waals surface area contributed by atoms with Gasteiger partial charge in [0.2, 0.25) is 11.8 Å². The van der Waals surface area contributed by atoms with Crippen molar-refractivity contribution in [3.63, 3.8) is 0 Å². The fourth-order valence-corrected chi connectivity index (χ4v) is 7.34. The number of aliphatic hydroxyl groups is 1. The molecule has 3 fully saturated rings. The van der Waals surface area contributed by atoms with Crippen LogP contribution in [0.4, 0.5) is 0 Å². The number of hydrogen-bond acceptors (Lipinski definition) is 6. The first-order valence-corrected chi connectivity index (χ1v) is 15.0. The third-order valence-corrected chi connectivity index (χ3v) is 9.76. The van der Waals surface area contributed by atoms with E-state index in [1.165, 1.54) is 0 Å². The number of aliphatic hydroxyl groups excluding tert-OH is 1.